The second-order valence-corrected chi connectivity index (χ2v) is 5.15. The molecule has 0 saturated carbocycles. The van der Waals surface area contributed by atoms with Crippen molar-refractivity contribution in [3.8, 4) is 11.5 Å². The first kappa shape index (κ1) is 15.1. The number of phenols is 1. The molecule has 1 atom stereocenters. The molecule has 3 aromatic rings. The monoisotopic (exact) mass is 306 g/mol. The summed E-state index contributed by atoms with van der Waals surface area (Å²) in [5, 5.41) is 9.37. The van der Waals surface area contributed by atoms with Crippen LogP contribution in [0.4, 0.5) is 0 Å². The van der Waals surface area contributed by atoms with Gasteiger partial charge < -0.3 is 14.6 Å². The second kappa shape index (κ2) is 7.47. The summed E-state index contributed by atoms with van der Waals surface area (Å²) in [7, 11) is 0. The summed E-state index contributed by atoms with van der Waals surface area (Å²) in [6.45, 7) is 0.457. The summed E-state index contributed by atoms with van der Waals surface area (Å²) in [6.07, 6.45) is -0.513. The predicted octanol–water partition coefficient (Wildman–Crippen LogP) is 4.69. The molecular weight excluding hydrogens is 288 g/mol. The van der Waals surface area contributed by atoms with Gasteiger partial charge in [-0.1, -0.05) is 60.7 Å². The third-order valence-electron chi connectivity index (χ3n) is 3.40. The average Bonchev–Trinajstić information content (AvgIpc) is 2.62. The molecule has 0 heterocycles. The SMILES string of the molecule is Oc1ccc(OC(OCc2ccccc2)c2ccccc2)cc1. The zero-order valence-electron chi connectivity index (χ0n) is 12.6. The zero-order chi connectivity index (χ0) is 15.9. The van der Waals surface area contributed by atoms with Crippen LogP contribution in [0.5, 0.6) is 11.5 Å². The molecule has 0 fully saturated rings. The lowest BCUT2D eigenvalue weighted by Crippen LogP contribution is -2.12. The van der Waals surface area contributed by atoms with Crippen LogP contribution in [0.15, 0.2) is 84.9 Å². The third-order valence-corrected chi connectivity index (χ3v) is 3.40. The molecule has 0 bridgehead atoms. The molecule has 0 aromatic heterocycles. The molecule has 0 amide bonds. The van der Waals surface area contributed by atoms with Crippen LogP contribution in [0.3, 0.4) is 0 Å². The zero-order valence-corrected chi connectivity index (χ0v) is 12.6. The Morgan fingerprint density at radius 3 is 2.00 bits per heavy atom. The van der Waals surface area contributed by atoms with E-state index in [9.17, 15) is 5.11 Å². The predicted molar refractivity (Wildman–Crippen MR) is 89.1 cm³/mol. The van der Waals surface area contributed by atoms with Crippen molar-refractivity contribution in [2.45, 2.75) is 12.9 Å². The molecule has 3 aromatic carbocycles. The van der Waals surface area contributed by atoms with Crippen molar-refractivity contribution in [2.24, 2.45) is 0 Å². The van der Waals surface area contributed by atoms with Gasteiger partial charge in [-0.05, 0) is 29.8 Å². The number of hydrogen-bond donors (Lipinski definition) is 1. The number of rotatable bonds is 6. The van der Waals surface area contributed by atoms with Gasteiger partial charge in [-0.25, -0.2) is 0 Å². The first-order chi connectivity index (χ1) is 11.3. The van der Waals surface area contributed by atoms with Crippen LogP contribution in [-0.4, -0.2) is 5.11 Å². The van der Waals surface area contributed by atoms with Gasteiger partial charge in [-0.2, -0.15) is 0 Å². The van der Waals surface area contributed by atoms with Gasteiger partial charge in [-0.15, -0.1) is 0 Å². The molecule has 0 spiro atoms. The van der Waals surface area contributed by atoms with E-state index in [4.69, 9.17) is 9.47 Å². The fraction of sp³-hybridized carbons (Fsp3) is 0.100. The maximum absolute atomic E-state index is 9.37. The Bertz CT molecular complexity index is 709. The molecule has 1 unspecified atom stereocenters. The Kier molecular flexibility index (Phi) is 4.92. The van der Waals surface area contributed by atoms with Crippen molar-refractivity contribution in [3.05, 3.63) is 96.1 Å². The topological polar surface area (TPSA) is 38.7 Å². The van der Waals surface area contributed by atoms with Gasteiger partial charge in [0.1, 0.15) is 11.5 Å². The number of phenolic OH excluding ortho intramolecular Hbond substituents is 1. The van der Waals surface area contributed by atoms with Crippen LogP contribution in [0.25, 0.3) is 0 Å². The summed E-state index contributed by atoms with van der Waals surface area (Å²) in [5.74, 6) is 0.850. The Hall–Kier alpha value is -2.78. The van der Waals surface area contributed by atoms with E-state index in [0.717, 1.165) is 11.1 Å². The molecule has 3 heteroatoms. The van der Waals surface area contributed by atoms with Gasteiger partial charge in [0.25, 0.3) is 0 Å². The molecule has 0 aliphatic carbocycles. The van der Waals surface area contributed by atoms with Gasteiger partial charge in [0.05, 0.1) is 6.61 Å². The van der Waals surface area contributed by atoms with Crippen molar-refractivity contribution in [1.29, 1.82) is 0 Å². The lowest BCUT2D eigenvalue weighted by Gasteiger charge is -2.20. The van der Waals surface area contributed by atoms with Crippen molar-refractivity contribution in [2.75, 3.05) is 0 Å². The van der Waals surface area contributed by atoms with Gasteiger partial charge in [0, 0.05) is 5.56 Å². The smallest absolute Gasteiger partial charge is 0.227 e. The number of hydrogen-bond acceptors (Lipinski definition) is 3. The van der Waals surface area contributed by atoms with E-state index in [-0.39, 0.29) is 5.75 Å². The average molecular weight is 306 g/mol. The van der Waals surface area contributed by atoms with E-state index in [0.29, 0.717) is 12.4 Å². The van der Waals surface area contributed by atoms with Gasteiger partial charge in [0.2, 0.25) is 6.29 Å². The largest absolute Gasteiger partial charge is 0.508 e. The first-order valence-electron chi connectivity index (χ1n) is 7.47. The highest BCUT2D eigenvalue weighted by atomic mass is 16.7. The van der Waals surface area contributed by atoms with Crippen LogP contribution < -0.4 is 4.74 Å². The van der Waals surface area contributed by atoms with Crippen molar-refractivity contribution in [1.82, 2.24) is 0 Å². The van der Waals surface area contributed by atoms with E-state index in [2.05, 4.69) is 0 Å². The Balaban J connectivity index is 1.75. The standard InChI is InChI=1S/C20H18O3/c21-18-11-13-19(14-12-18)23-20(17-9-5-2-6-10-17)22-15-16-7-3-1-4-8-16/h1-14,20-21H,15H2. The highest BCUT2D eigenvalue weighted by Crippen LogP contribution is 2.25. The minimum absolute atomic E-state index is 0.207. The van der Waals surface area contributed by atoms with E-state index >= 15 is 0 Å². The summed E-state index contributed by atoms with van der Waals surface area (Å²) in [5.41, 5.74) is 2.03. The molecule has 0 radical (unpaired) electrons. The number of aromatic hydroxyl groups is 1. The molecule has 23 heavy (non-hydrogen) atoms. The highest BCUT2D eigenvalue weighted by molar-refractivity contribution is 5.31. The van der Waals surface area contributed by atoms with Gasteiger partial charge >= 0.3 is 0 Å². The maximum Gasteiger partial charge on any atom is 0.227 e. The Morgan fingerprint density at radius 1 is 0.739 bits per heavy atom. The molecular formula is C20H18O3. The normalized spacial score (nSPS) is 11.8. The molecule has 1 N–H and O–H groups in total. The van der Waals surface area contributed by atoms with Crippen LogP contribution in [0, 0.1) is 0 Å². The number of benzene rings is 3. The van der Waals surface area contributed by atoms with Crippen LogP contribution in [-0.2, 0) is 11.3 Å². The molecule has 116 valence electrons. The molecule has 0 aliphatic heterocycles. The fourth-order valence-corrected chi connectivity index (χ4v) is 2.20. The quantitative estimate of drug-likeness (QED) is 0.672. The Morgan fingerprint density at radius 2 is 1.35 bits per heavy atom. The van der Waals surface area contributed by atoms with Crippen LogP contribution >= 0.6 is 0 Å². The molecule has 0 saturated heterocycles. The van der Waals surface area contributed by atoms with Crippen molar-refractivity contribution >= 4 is 0 Å². The fourth-order valence-electron chi connectivity index (χ4n) is 2.20. The minimum Gasteiger partial charge on any atom is -0.508 e. The van der Waals surface area contributed by atoms with E-state index in [1.807, 2.05) is 60.7 Å². The van der Waals surface area contributed by atoms with Gasteiger partial charge in [0.15, 0.2) is 0 Å². The Labute approximate surface area is 135 Å². The minimum atomic E-state index is -0.513. The second-order valence-electron chi connectivity index (χ2n) is 5.15. The van der Waals surface area contributed by atoms with Crippen LogP contribution in [0.2, 0.25) is 0 Å². The van der Waals surface area contributed by atoms with Crippen molar-refractivity contribution < 1.29 is 14.6 Å². The first-order valence-corrected chi connectivity index (χ1v) is 7.47. The molecule has 3 rings (SSSR count). The summed E-state index contributed by atoms with van der Waals surface area (Å²) < 4.78 is 11.9. The summed E-state index contributed by atoms with van der Waals surface area (Å²) in [6, 6.07) is 26.4. The van der Waals surface area contributed by atoms with Crippen molar-refractivity contribution in [3.63, 3.8) is 0 Å². The summed E-state index contributed by atoms with van der Waals surface area (Å²) in [4.78, 5) is 0. The maximum atomic E-state index is 9.37. The molecule has 0 aliphatic rings. The lowest BCUT2D eigenvalue weighted by molar-refractivity contribution is -0.0929. The van der Waals surface area contributed by atoms with E-state index in [1.165, 1.54) is 0 Å². The third kappa shape index (κ3) is 4.34. The number of ether oxygens (including phenoxy) is 2. The van der Waals surface area contributed by atoms with Gasteiger partial charge in [-0.3, -0.25) is 0 Å². The van der Waals surface area contributed by atoms with E-state index < -0.39 is 6.29 Å². The highest BCUT2D eigenvalue weighted by Gasteiger charge is 2.14. The lowest BCUT2D eigenvalue weighted by atomic mass is 10.2. The molecule has 3 nitrogen and oxygen atoms in total. The summed E-state index contributed by atoms with van der Waals surface area (Å²) >= 11 is 0. The van der Waals surface area contributed by atoms with E-state index in [1.54, 1.807) is 24.3 Å². The van der Waals surface area contributed by atoms with Crippen LogP contribution in [0.1, 0.15) is 17.4 Å².